The second-order valence-electron chi connectivity index (χ2n) is 9.86. The average molecular weight is 785 g/mol. The molecule has 0 aromatic carbocycles. The highest BCUT2D eigenvalue weighted by Gasteiger charge is 2.15. The van der Waals surface area contributed by atoms with Gasteiger partial charge in [-0.3, -0.25) is 0 Å². The number of anilines is 3. The standard InChI is InChI=1S/C11H18N4OS.C7H10ClN3S.C5H4Cl2N2S.C4H9NO.C2H7N/c1-14(2)9-8-10(13-11(12-9)17-3)15-4-6-16-7-5-15;1-11(2)6-4-5(8)9-7(10-6)12-3;1-10-5-8-3(6)2-4(7)9-5;1-3-6-4-2-5-1;1-3-2/h8H,4-7H2,1-3H3;4H,1-3H3;2H,1H3;5H,1-4H2;3H,1-2H3. The number of nitrogens with one attached hydrogen (secondary N) is 2. The van der Waals surface area contributed by atoms with Crippen molar-refractivity contribution in [3.05, 3.63) is 33.7 Å². The Bertz CT molecular complexity index is 1280. The van der Waals surface area contributed by atoms with E-state index in [1.165, 1.54) is 29.6 Å². The normalized spacial score (nSPS) is 13.6. The van der Waals surface area contributed by atoms with Crippen LogP contribution in [-0.2, 0) is 9.47 Å². The van der Waals surface area contributed by atoms with Gasteiger partial charge in [0, 0.05) is 72.6 Å². The monoisotopic (exact) mass is 783 g/mol. The zero-order chi connectivity index (χ0) is 35.9. The Hall–Kier alpha value is -1.60. The number of aromatic nitrogens is 6. The predicted molar refractivity (Wildman–Crippen MR) is 207 cm³/mol. The van der Waals surface area contributed by atoms with Crippen molar-refractivity contribution >= 4 is 87.5 Å². The van der Waals surface area contributed by atoms with Crippen LogP contribution in [0.3, 0.4) is 0 Å². The van der Waals surface area contributed by atoms with Crippen molar-refractivity contribution in [3.63, 3.8) is 0 Å². The van der Waals surface area contributed by atoms with Gasteiger partial charge in [-0.2, -0.15) is 0 Å². The van der Waals surface area contributed by atoms with Crippen LogP contribution in [0.1, 0.15) is 0 Å². The summed E-state index contributed by atoms with van der Waals surface area (Å²) < 4.78 is 10.4. The summed E-state index contributed by atoms with van der Waals surface area (Å²) in [6.07, 6.45) is 5.78. The fraction of sp³-hybridized carbons (Fsp3) is 0.586. The van der Waals surface area contributed by atoms with E-state index in [4.69, 9.17) is 44.3 Å². The summed E-state index contributed by atoms with van der Waals surface area (Å²) in [5.41, 5.74) is 0. The average Bonchev–Trinajstić information content (AvgIpc) is 3.09. The highest BCUT2D eigenvalue weighted by atomic mass is 35.5. The Kier molecular flexibility index (Phi) is 24.3. The molecule has 0 spiro atoms. The van der Waals surface area contributed by atoms with E-state index >= 15 is 0 Å². The van der Waals surface area contributed by atoms with Gasteiger partial charge in [-0.25, -0.2) is 29.9 Å². The van der Waals surface area contributed by atoms with E-state index in [1.807, 2.05) is 76.9 Å². The first-order valence-corrected chi connectivity index (χ1v) is 19.6. The largest absolute Gasteiger partial charge is 0.379 e. The van der Waals surface area contributed by atoms with Gasteiger partial charge in [-0.05, 0) is 32.9 Å². The van der Waals surface area contributed by atoms with E-state index in [0.29, 0.717) is 25.8 Å². The predicted octanol–water partition coefficient (Wildman–Crippen LogP) is 4.97. The molecule has 2 fully saturated rings. The van der Waals surface area contributed by atoms with Gasteiger partial charge in [0.05, 0.1) is 26.4 Å². The fourth-order valence-corrected chi connectivity index (χ4v) is 5.23. The highest BCUT2D eigenvalue weighted by molar-refractivity contribution is 7.98. The molecule has 2 aliphatic rings. The maximum absolute atomic E-state index is 5.78. The van der Waals surface area contributed by atoms with Crippen LogP contribution >= 0.6 is 70.1 Å². The Labute approximate surface area is 313 Å². The molecular formula is C29H48Cl3N11O2S3. The molecule has 3 aromatic heterocycles. The first kappa shape index (κ1) is 44.4. The van der Waals surface area contributed by atoms with Gasteiger partial charge >= 0.3 is 0 Å². The van der Waals surface area contributed by atoms with E-state index in [9.17, 15) is 0 Å². The number of rotatable bonds is 6. The molecule has 270 valence electrons. The second-order valence-corrected chi connectivity index (χ2v) is 13.3. The zero-order valence-corrected chi connectivity index (χ0v) is 33.8. The topological polar surface area (TPSA) is 130 Å². The molecule has 19 heteroatoms. The molecule has 3 aromatic rings. The van der Waals surface area contributed by atoms with E-state index in [-0.39, 0.29) is 0 Å². The lowest BCUT2D eigenvalue weighted by Crippen LogP contribution is -2.37. The summed E-state index contributed by atoms with van der Waals surface area (Å²) in [5.74, 6) is 2.78. The summed E-state index contributed by atoms with van der Waals surface area (Å²) in [6, 6.07) is 5.27. The fourth-order valence-electron chi connectivity index (χ4n) is 3.36. The summed E-state index contributed by atoms with van der Waals surface area (Å²) in [6.45, 7) is 7.18. The van der Waals surface area contributed by atoms with Crippen molar-refractivity contribution in [2.45, 2.75) is 15.5 Å². The third-order valence-electron chi connectivity index (χ3n) is 5.63. The molecule has 0 unspecified atom stereocenters. The molecule has 5 heterocycles. The van der Waals surface area contributed by atoms with Crippen LogP contribution in [-0.4, -0.2) is 144 Å². The lowest BCUT2D eigenvalue weighted by Gasteiger charge is -2.28. The first-order chi connectivity index (χ1) is 23.0. The Balaban J connectivity index is 0.000000327. The van der Waals surface area contributed by atoms with Crippen LogP contribution in [0.2, 0.25) is 15.5 Å². The molecule has 2 N–H and O–H groups in total. The Morgan fingerprint density at radius 1 is 0.646 bits per heavy atom. The van der Waals surface area contributed by atoms with Crippen LogP contribution in [0.25, 0.3) is 0 Å². The highest BCUT2D eigenvalue weighted by Crippen LogP contribution is 2.22. The molecule has 48 heavy (non-hydrogen) atoms. The van der Waals surface area contributed by atoms with Gasteiger partial charge in [-0.15, -0.1) is 0 Å². The van der Waals surface area contributed by atoms with Gasteiger partial charge in [0.1, 0.15) is 32.9 Å². The number of hydrogen-bond acceptors (Lipinski definition) is 16. The number of nitrogens with zero attached hydrogens (tertiary/aromatic N) is 9. The molecule has 2 saturated heterocycles. The molecule has 0 saturated carbocycles. The Morgan fingerprint density at radius 2 is 1.04 bits per heavy atom. The molecule has 2 aliphatic heterocycles. The van der Waals surface area contributed by atoms with Crippen LogP contribution in [0.5, 0.6) is 0 Å². The molecular weight excluding hydrogens is 737 g/mol. The SMILES string of the molecule is C1COCCN1.CNC.CSc1nc(Cl)cc(Cl)n1.CSc1nc(Cl)cc(N(C)C)n1.CSc1nc(N(C)C)cc(N2CCOCC2)n1. The smallest absolute Gasteiger partial charge is 0.191 e. The summed E-state index contributed by atoms with van der Waals surface area (Å²) in [5, 5.41) is 9.26. The maximum atomic E-state index is 5.78. The molecule has 0 atom stereocenters. The van der Waals surface area contributed by atoms with Gasteiger partial charge < -0.3 is 34.8 Å². The van der Waals surface area contributed by atoms with Crippen molar-refractivity contribution in [1.82, 2.24) is 40.5 Å². The minimum absolute atomic E-state index is 0.379. The third-order valence-corrected chi connectivity index (χ3v) is 7.85. The van der Waals surface area contributed by atoms with Gasteiger partial charge in [0.2, 0.25) is 0 Å². The van der Waals surface area contributed by atoms with Crippen LogP contribution in [0.15, 0.2) is 33.7 Å². The van der Waals surface area contributed by atoms with Crippen molar-refractivity contribution in [2.75, 3.05) is 128 Å². The lowest BCUT2D eigenvalue weighted by molar-refractivity contribution is 0.109. The molecule has 0 amide bonds. The molecule has 0 aliphatic carbocycles. The van der Waals surface area contributed by atoms with Crippen LogP contribution < -0.4 is 25.3 Å². The van der Waals surface area contributed by atoms with Gasteiger partial charge in [0.15, 0.2) is 15.5 Å². The minimum atomic E-state index is 0.379. The number of hydrogen-bond donors (Lipinski definition) is 2. The summed E-state index contributed by atoms with van der Waals surface area (Å²) in [7, 11) is 11.6. The van der Waals surface area contributed by atoms with Gasteiger partial charge in [-0.1, -0.05) is 70.1 Å². The van der Waals surface area contributed by atoms with Crippen LogP contribution in [0, 0.1) is 0 Å². The molecule has 0 radical (unpaired) electrons. The number of ether oxygens (including phenoxy) is 2. The van der Waals surface area contributed by atoms with Gasteiger partial charge in [0.25, 0.3) is 0 Å². The quantitative estimate of drug-likeness (QED) is 0.198. The molecule has 0 bridgehead atoms. The third kappa shape index (κ3) is 19.0. The lowest BCUT2D eigenvalue weighted by atomic mass is 10.4. The minimum Gasteiger partial charge on any atom is -0.379 e. The first-order valence-electron chi connectivity index (χ1n) is 14.8. The van der Waals surface area contributed by atoms with Crippen LogP contribution in [0.4, 0.5) is 17.5 Å². The van der Waals surface area contributed by atoms with Crippen molar-refractivity contribution in [3.8, 4) is 0 Å². The van der Waals surface area contributed by atoms with E-state index < -0.39 is 0 Å². The van der Waals surface area contributed by atoms with Crippen molar-refractivity contribution in [1.29, 1.82) is 0 Å². The van der Waals surface area contributed by atoms with E-state index in [0.717, 1.165) is 75.2 Å². The van der Waals surface area contributed by atoms with E-state index in [1.54, 1.807) is 17.8 Å². The Morgan fingerprint density at radius 3 is 1.44 bits per heavy atom. The molecule has 13 nitrogen and oxygen atoms in total. The summed E-state index contributed by atoms with van der Waals surface area (Å²) in [4.78, 5) is 31.2. The number of morpholine rings is 2. The van der Waals surface area contributed by atoms with E-state index in [2.05, 4.69) is 45.4 Å². The number of thioether (sulfide) groups is 3. The van der Waals surface area contributed by atoms with Crippen molar-refractivity contribution in [2.24, 2.45) is 0 Å². The number of halogens is 3. The summed E-state index contributed by atoms with van der Waals surface area (Å²) >= 11 is 21.4. The maximum Gasteiger partial charge on any atom is 0.191 e. The second kappa shape index (κ2) is 26.2. The van der Waals surface area contributed by atoms with Crippen molar-refractivity contribution < 1.29 is 9.47 Å². The molecule has 5 rings (SSSR count). The zero-order valence-electron chi connectivity index (χ0n) is 29.1.